The lowest BCUT2D eigenvalue weighted by Gasteiger charge is -2.55. The maximum atomic E-state index is 11.7. The molecule has 4 aliphatic heterocycles. The highest BCUT2D eigenvalue weighted by molar-refractivity contribution is 6.02. The predicted molar refractivity (Wildman–Crippen MR) is 95.1 cm³/mol. The molecule has 4 fully saturated rings. The molecule has 0 spiro atoms. The van der Waals surface area contributed by atoms with Crippen LogP contribution in [0.4, 0.5) is 5.69 Å². The van der Waals surface area contributed by atoms with Gasteiger partial charge in [-0.05, 0) is 49.3 Å². The van der Waals surface area contributed by atoms with Gasteiger partial charge < -0.3 is 14.9 Å². The maximum Gasteiger partial charge on any atom is 0.131 e. The van der Waals surface area contributed by atoms with Gasteiger partial charge in [0.05, 0.1) is 18.5 Å². The standard InChI is InChI=1S/C20H26N2O3/c1-3-11-8-12-9-14-17(11)22(19(12)23)7-6-20(24)15-10-13(25-2)4-5-16(15)21-18(14)20/h4-5,10-12,14,17,19,23-24H,3,6-9H2,1-2H3/t11?,12-,14?,17-,19?,20+/m0/s1. The van der Waals surface area contributed by atoms with Gasteiger partial charge in [0.2, 0.25) is 0 Å². The summed E-state index contributed by atoms with van der Waals surface area (Å²) in [6.07, 6.45) is 3.37. The Morgan fingerprint density at radius 1 is 1.36 bits per heavy atom. The normalized spacial score (nSPS) is 43.9. The highest BCUT2D eigenvalue weighted by Crippen LogP contribution is 2.55. The number of benzene rings is 1. The number of aliphatic imine (C=N–C) groups is 1. The van der Waals surface area contributed by atoms with Gasteiger partial charge in [-0.15, -0.1) is 0 Å². The lowest BCUT2D eigenvalue weighted by molar-refractivity contribution is -0.159. The molecule has 5 nitrogen and oxygen atoms in total. The Hall–Kier alpha value is -1.43. The van der Waals surface area contributed by atoms with E-state index in [2.05, 4.69) is 11.8 Å². The van der Waals surface area contributed by atoms with Crippen LogP contribution in [0.15, 0.2) is 23.2 Å². The van der Waals surface area contributed by atoms with Crippen LogP contribution in [0.3, 0.4) is 0 Å². The van der Waals surface area contributed by atoms with Crippen LogP contribution in [0.1, 0.15) is 38.2 Å². The van der Waals surface area contributed by atoms with E-state index in [9.17, 15) is 10.2 Å². The van der Waals surface area contributed by atoms with E-state index in [1.807, 2.05) is 18.2 Å². The second-order valence-electron chi connectivity index (χ2n) is 8.14. The number of nitrogens with zero attached hydrogens (tertiary/aromatic N) is 2. The third kappa shape index (κ3) is 1.97. The topological polar surface area (TPSA) is 65.3 Å². The molecule has 25 heavy (non-hydrogen) atoms. The van der Waals surface area contributed by atoms with Gasteiger partial charge in [-0.1, -0.05) is 13.3 Å². The summed E-state index contributed by atoms with van der Waals surface area (Å²) < 4.78 is 5.37. The molecule has 1 saturated carbocycles. The minimum atomic E-state index is -1.02. The summed E-state index contributed by atoms with van der Waals surface area (Å²) >= 11 is 0. The largest absolute Gasteiger partial charge is 0.497 e. The summed E-state index contributed by atoms with van der Waals surface area (Å²) in [5.74, 6) is 1.86. The highest BCUT2D eigenvalue weighted by atomic mass is 16.5. The Morgan fingerprint density at radius 3 is 2.96 bits per heavy atom. The van der Waals surface area contributed by atoms with Crippen LogP contribution in [0.25, 0.3) is 0 Å². The number of fused-ring (bicyclic) bond motifs is 4. The van der Waals surface area contributed by atoms with E-state index >= 15 is 0 Å². The van der Waals surface area contributed by atoms with Crippen LogP contribution in [0, 0.1) is 17.8 Å². The number of hydrogen-bond donors (Lipinski definition) is 2. The molecule has 1 aromatic carbocycles. The molecule has 6 rings (SSSR count). The summed E-state index contributed by atoms with van der Waals surface area (Å²) in [6.45, 7) is 2.95. The number of aliphatic hydroxyl groups is 2. The molecule has 4 heterocycles. The second kappa shape index (κ2) is 5.29. The lowest BCUT2D eigenvalue weighted by atomic mass is 9.63. The lowest BCUT2D eigenvalue weighted by Crippen LogP contribution is -2.63. The fraction of sp³-hybridized carbons (Fsp3) is 0.650. The van der Waals surface area contributed by atoms with Crippen molar-refractivity contribution in [3.63, 3.8) is 0 Å². The zero-order chi connectivity index (χ0) is 17.3. The molecule has 2 N–H and O–H groups in total. The van der Waals surface area contributed by atoms with Crippen molar-refractivity contribution in [1.29, 1.82) is 0 Å². The monoisotopic (exact) mass is 342 g/mol. The average Bonchev–Trinajstić information content (AvgIpc) is 2.87. The maximum absolute atomic E-state index is 11.7. The van der Waals surface area contributed by atoms with Crippen LogP contribution < -0.4 is 4.74 Å². The minimum absolute atomic E-state index is 0.234. The first-order chi connectivity index (χ1) is 12.1. The van der Waals surface area contributed by atoms with Crippen molar-refractivity contribution in [2.45, 2.75) is 50.5 Å². The molecule has 134 valence electrons. The summed E-state index contributed by atoms with van der Waals surface area (Å²) in [5.41, 5.74) is 1.65. The number of aliphatic hydroxyl groups excluding tert-OH is 1. The third-order valence-electron chi connectivity index (χ3n) is 7.12. The van der Waals surface area contributed by atoms with Gasteiger partial charge >= 0.3 is 0 Å². The van der Waals surface area contributed by atoms with Crippen molar-refractivity contribution < 1.29 is 14.9 Å². The van der Waals surface area contributed by atoms with Gasteiger partial charge in [-0.2, -0.15) is 0 Å². The van der Waals surface area contributed by atoms with Gasteiger partial charge in [-0.3, -0.25) is 9.89 Å². The first-order valence-corrected chi connectivity index (χ1v) is 9.50. The van der Waals surface area contributed by atoms with Crippen molar-refractivity contribution in [3.05, 3.63) is 23.8 Å². The van der Waals surface area contributed by atoms with E-state index in [4.69, 9.17) is 9.73 Å². The van der Waals surface area contributed by atoms with Crippen LogP contribution in [0.2, 0.25) is 0 Å². The van der Waals surface area contributed by atoms with Crippen LogP contribution >= 0.6 is 0 Å². The smallest absolute Gasteiger partial charge is 0.131 e. The van der Waals surface area contributed by atoms with E-state index in [0.717, 1.165) is 42.0 Å². The molecule has 0 aromatic heterocycles. The molecule has 1 aliphatic carbocycles. The molecule has 4 unspecified atom stereocenters. The second-order valence-corrected chi connectivity index (χ2v) is 8.14. The molecule has 1 aromatic rings. The summed E-state index contributed by atoms with van der Waals surface area (Å²) in [6, 6.07) is 6.10. The Bertz CT molecular complexity index is 748. The number of rotatable bonds is 2. The minimum Gasteiger partial charge on any atom is -0.497 e. The fourth-order valence-electron chi connectivity index (χ4n) is 5.95. The number of methoxy groups -OCH3 is 1. The van der Waals surface area contributed by atoms with Gasteiger partial charge in [-0.25, -0.2) is 0 Å². The zero-order valence-electron chi connectivity index (χ0n) is 14.9. The molecular weight excluding hydrogens is 316 g/mol. The quantitative estimate of drug-likeness (QED) is 0.866. The molecule has 0 amide bonds. The number of hydrogen-bond acceptors (Lipinski definition) is 5. The summed E-state index contributed by atoms with van der Waals surface area (Å²) in [7, 11) is 1.65. The summed E-state index contributed by atoms with van der Waals surface area (Å²) in [5, 5.41) is 22.4. The number of piperidine rings is 2. The molecule has 7 atom stereocenters. The molecular formula is C20H26N2O3. The van der Waals surface area contributed by atoms with Crippen molar-refractivity contribution in [2.75, 3.05) is 13.7 Å². The molecule has 5 heteroatoms. The van der Waals surface area contributed by atoms with Crippen molar-refractivity contribution >= 4 is 11.4 Å². The molecule has 0 radical (unpaired) electrons. The Morgan fingerprint density at radius 2 is 2.20 bits per heavy atom. The zero-order valence-corrected chi connectivity index (χ0v) is 14.9. The molecule has 5 aliphatic rings. The van der Waals surface area contributed by atoms with E-state index in [0.29, 0.717) is 30.8 Å². The predicted octanol–water partition coefficient (Wildman–Crippen LogP) is 2.43. The molecule has 3 saturated heterocycles. The average molecular weight is 342 g/mol. The van der Waals surface area contributed by atoms with Crippen molar-refractivity contribution in [2.24, 2.45) is 22.7 Å². The Labute approximate surface area is 148 Å². The van der Waals surface area contributed by atoms with Gasteiger partial charge in [0, 0.05) is 24.1 Å². The van der Waals surface area contributed by atoms with Gasteiger partial charge in [0.1, 0.15) is 17.6 Å². The van der Waals surface area contributed by atoms with Crippen molar-refractivity contribution in [3.8, 4) is 5.75 Å². The highest BCUT2D eigenvalue weighted by Gasteiger charge is 2.59. The van der Waals surface area contributed by atoms with Gasteiger partial charge in [0.15, 0.2) is 0 Å². The SMILES string of the molecule is CCC1C[C@H]2CC3C4=Nc5ccc(OC)cc5[C@]4(O)CCN(C2O)[C@@H]13. The Kier molecular flexibility index (Phi) is 3.34. The fourth-order valence-corrected chi connectivity index (χ4v) is 5.95. The van der Waals surface area contributed by atoms with E-state index < -0.39 is 5.60 Å². The van der Waals surface area contributed by atoms with Gasteiger partial charge in [0.25, 0.3) is 0 Å². The third-order valence-corrected chi connectivity index (χ3v) is 7.12. The van der Waals surface area contributed by atoms with Crippen molar-refractivity contribution in [1.82, 2.24) is 4.90 Å². The van der Waals surface area contributed by atoms with E-state index in [1.54, 1.807) is 7.11 Å². The van der Waals surface area contributed by atoms with Crippen LogP contribution in [0.5, 0.6) is 5.75 Å². The van der Waals surface area contributed by atoms with Crippen LogP contribution in [-0.2, 0) is 5.60 Å². The van der Waals surface area contributed by atoms with E-state index in [1.165, 1.54) is 0 Å². The Balaban J connectivity index is 1.63. The molecule has 4 bridgehead atoms. The summed E-state index contributed by atoms with van der Waals surface area (Å²) in [4.78, 5) is 7.18. The number of ether oxygens (including phenoxy) is 1. The first kappa shape index (κ1) is 15.8. The first-order valence-electron chi connectivity index (χ1n) is 9.50. The van der Waals surface area contributed by atoms with Crippen LogP contribution in [-0.4, -0.2) is 46.7 Å². The van der Waals surface area contributed by atoms with E-state index in [-0.39, 0.29) is 12.1 Å².